The van der Waals surface area contributed by atoms with Crippen LogP contribution in [0.15, 0.2) is 35.8 Å². The largest absolute Gasteiger partial charge is 0.416 e. The van der Waals surface area contributed by atoms with E-state index in [1.165, 1.54) is 27.9 Å². The Morgan fingerprint density at radius 1 is 1.30 bits per heavy atom. The van der Waals surface area contributed by atoms with Crippen LogP contribution in [0.25, 0.3) is 4.96 Å². The van der Waals surface area contributed by atoms with Crippen LogP contribution in [-0.2, 0) is 10.9 Å². The Morgan fingerprint density at radius 2 is 2.04 bits per heavy atom. The van der Waals surface area contributed by atoms with E-state index in [2.05, 4.69) is 4.98 Å². The number of benzene rings is 1. The van der Waals surface area contributed by atoms with E-state index >= 15 is 0 Å². The molecule has 1 unspecified atom stereocenters. The molecule has 0 saturated carbocycles. The minimum atomic E-state index is -4.40. The van der Waals surface area contributed by atoms with Gasteiger partial charge in [0.05, 0.1) is 18.7 Å². The van der Waals surface area contributed by atoms with Crippen molar-refractivity contribution in [2.45, 2.75) is 12.3 Å². The molecule has 3 aromatic rings. The van der Waals surface area contributed by atoms with E-state index in [1.54, 1.807) is 16.5 Å². The molecular weight excluding hydrogens is 385 g/mol. The lowest BCUT2D eigenvalue weighted by Crippen LogP contribution is -2.39. The maximum atomic E-state index is 12.7. The number of alkyl halides is 3. The fourth-order valence-electron chi connectivity index (χ4n) is 3.07. The Morgan fingerprint density at radius 3 is 2.70 bits per heavy atom. The number of hydrogen-bond donors (Lipinski definition) is 0. The number of thiazole rings is 1. The zero-order valence-corrected chi connectivity index (χ0v) is 14.5. The van der Waals surface area contributed by atoms with Crippen LogP contribution < -0.4 is 4.90 Å². The summed E-state index contributed by atoms with van der Waals surface area (Å²) in [4.78, 5) is 17.6. The van der Waals surface area contributed by atoms with Crippen molar-refractivity contribution < 1.29 is 22.8 Å². The fraction of sp³-hybridized carbons (Fsp3) is 0.312. The van der Waals surface area contributed by atoms with E-state index in [4.69, 9.17) is 4.74 Å². The average Bonchev–Trinajstić information content (AvgIpc) is 3.22. The Hall–Kier alpha value is -2.66. The van der Waals surface area contributed by atoms with E-state index in [0.717, 1.165) is 12.1 Å². The summed E-state index contributed by atoms with van der Waals surface area (Å²) in [5.41, 5.74) is -0.153. The molecule has 7 nitrogen and oxygen atoms in total. The first-order valence-corrected chi connectivity index (χ1v) is 8.86. The molecule has 142 valence electrons. The lowest BCUT2D eigenvalue weighted by molar-refractivity contribution is -0.389. The first-order chi connectivity index (χ1) is 12.8. The number of aromatic nitrogens is 2. The molecule has 0 radical (unpaired) electrons. The molecular formula is C16H13F3N4O3S. The highest BCUT2D eigenvalue weighted by Crippen LogP contribution is 2.35. The molecule has 0 aliphatic carbocycles. The molecule has 11 heteroatoms. The van der Waals surface area contributed by atoms with E-state index in [-0.39, 0.29) is 24.8 Å². The summed E-state index contributed by atoms with van der Waals surface area (Å²) in [6, 6.07) is 4.76. The van der Waals surface area contributed by atoms with Crippen molar-refractivity contribution in [2.75, 3.05) is 24.6 Å². The Balaban J connectivity index is 1.61. The van der Waals surface area contributed by atoms with Crippen molar-refractivity contribution in [1.82, 2.24) is 9.38 Å². The van der Waals surface area contributed by atoms with Crippen LogP contribution >= 0.6 is 11.3 Å². The molecule has 0 amide bonds. The molecule has 0 spiro atoms. The molecule has 1 aliphatic heterocycles. The third-order valence-corrected chi connectivity index (χ3v) is 5.12. The molecule has 1 saturated heterocycles. The van der Waals surface area contributed by atoms with Gasteiger partial charge in [0.15, 0.2) is 0 Å². The lowest BCUT2D eigenvalue weighted by atomic mass is 10.1. The van der Waals surface area contributed by atoms with Crippen LogP contribution in [0.1, 0.15) is 17.2 Å². The van der Waals surface area contributed by atoms with Gasteiger partial charge in [0, 0.05) is 11.9 Å². The molecule has 0 N–H and O–H groups in total. The summed E-state index contributed by atoms with van der Waals surface area (Å²) in [7, 11) is 0. The second kappa shape index (κ2) is 6.50. The van der Waals surface area contributed by atoms with Gasteiger partial charge in [0.2, 0.25) is 5.82 Å². The maximum absolute atomic E-state index is 12.7. The van der Waals surface area contributed by atoms with Gasteiger partial charge in [-0.1, -0.05) is 23.5 Å². The first-order valence-electron chi connectivity index (χ1n) is 7.98. The monoisotopic (exact) mass is 398 g/mol. The Kier molecular flexibility index (Phi) is 4.27. The molecule has 1 aliphatic rings. The summed E-state index contributed by atoms with van der Waals surface area (Å²) in [6.45, 7) is 0.952. The van der Waals surface area contributed by atoms with Crippen molar-refractivity contribution >= 4 is 27.9 Å². The van der Waals surface area contributed by atoms with E-state index in [1.807, 2.05) is 0 Å². The number of halogens is 3. The number of ether oxygens (including phenoxy) is 1. The van der Waals surface area contributed by atoms with Gasteiger partial charge in [-0.3, -0.25) is 0 Å². The number of imidazole rings is 1. The van der Waals surface area contributed by atoms with Gasteiger partial charge in [-0.05, 0) is 22.6 Å². The van der Waals surface area contributed by atoms with Gasteiger partial charge in [-0.2, -0.15) is 22.6 Å². The summed E-state index contributed by atoms with van der Waals surface area (Å²) < 4.78 is 45.3. The molecule has 27 heavy (non-hydrogen) atoms. The third-order valence-electron chi connectivity index (χ3n) is 4.37. The average molecular weight is 398 g/mol. The number of nitrogens with zero attached hydrogens (tertiary/aromatic N) is 4. The normalized spacial score (nSPS) is 18.2. The predicted octanol–water partition coefficient (Wildman–Crippen LogP) is 3.90. The third kappa shape index (κ3) is 3.23. The number of hydrogen-bond acceptors (Lipinski definition) is 6. The van der Waals surface area contributed by atoms with Crippen molar-refractivity contribution in [3.8, 4) is 0 Å². The number of rotatable bonds is 3. The standard InChI is InChI=1S/C16H13F3N4O3S/c17-16(18,19)11-3-1-10(2-4-11)12-9-21(5-7-26-12)13-14(23(24)25)22-6-8-27-15(22)20-13/h1-4,6,8,12H,5,7,9H2. The maximum Gasteiger partial charge on any atom is 0.416 e. The zero-order chi connectivity index (χ0) is 19.2. The van der Waals surface area contributed by atoms with Crippen LogP contribution in [0.3, 0.4) is 0 Å². The van der Waals surface area contributed by atoms with Crippen LogP contribution in [0.5, 0.6) is 0 Å². The van der Waals surface area contributed by atoms with Gasteiger partial charge in [0.1, 0.15) is 12.3 Å². The first kappa shape index (κ1) is 17.7. The van der Waals surface area contributed by atoms with Gasteiger partial charge >= 0.3 is 12.0 Å². The highest BCUT2D eigenvalue weighted by atomic mass is 32.1. The summed E-state index contributed by atoms with van der Waals surface area (Å²) >= 11 is 1.29. The number of nitro groups is 1. The minimum Gasteiger partial charge on any atom is -0.370 e. The van der Waals surface area contributed by atoms with Crippen LogP contribution in [0.4, 0.5) is 24.8 Å². The SMILES string of the molecule is O=[N+]([O-])c1c(N2CCOC(c3ccc(C(F)(F)F)cc3)C2)nc2sccn12. The number of anilines is 1. The topological polar surface area (TPSA) is 72.9 Å². The number of morpholine rings is 1. The Labute approximate surface area is 154 Å². The molecule has 1 atom stereocenters. The second-order valence-corrected chi connectivity index (χ2v) is 6.87. The van der Waals surface area contributed by atoms with Gasteiger partial charge in [0.25, 0.3) is 4.96 Å². The molecule has 0 bridgehead atoms. The summed E-state index contributed by atoms with van der Waals surface area (Å²) in [6.07, 6.45) is -3.32. The number of fused-ring (bicyclic) bond motifs is 1. The van der Waals surface area contributed by atoms with Crippen LogP contribution in [-0.4, -0.2) is 34.0 Å². The lowest BCUT2D eigenvalue weighted by Gasteiger charge is -2.33. The fourth-order valence-corrected chi connectivity index (χ4v) is 3.78. The van der Waals surface area contributed by atoms with E-state index in [9.17, 15) is 23.3 Å². The van der Waals surface area contributed by atoms with Crippen molar-refractivity contribution in [3.05, 3.63) is 57.1 Å². The summed E-state index contributed by atoms with van der Waals surface area (Å²) in [5, 5.41) is 13.2. The Bertz CT molecular complexity index is 983. The van der Waals surface area contributed by atoms with Crippen molar-refractivity contribution in [2.24, 2.45) is 0 Å². The van der Waals surface area contributed by atoms with E-state index in [0.29, 0.717) is 17.1 Å². The van der Waals surface area contributed by atoms with Crippen molar-refractivity contribution in [3.63, 3.8) is 0 Å². The van der Waals surface area contributed by atoms with Gasteiger partial charge in [-0.15, -0.1) is 0 Å². The van der Waals surface area contributed by atoms with Gasteiger partial charge < -0.3 is 19.8 Å². The highest BCUT2D eigenvalue weighted by Gasteiger charge is 2.33. The minimum absolute atomic E-state index is 0.126. The van der Waals surface area contributed by atoms with Crippen LogP contribution in [0.2, 0.25) is 0 Å². The quantitative estimate of drug-likeness (QED) is 0.494. The summed E-state index contributed by atoms with van der Waals surface area (Å²) in [5.74, 6) is 0.117. The molecule has 3 heterocycles. The van der Waals surface area contributed by atoms with Gasteiger partial charge in [-0.25, -0.2) is 0 Å². The second-order valence-electron chi connectivity index (χ2n) is 6.00. The zero-order valence-electron chi connectivity index (χ0n) is 13.7. The highest BCUT2D eigenvalue weighted by molar-refractivity contribution is 7.15. The molecule has 1 aromatic carbocycles. The smallest absolute Gasteiger partial charge is 0.370 e. The van der Waals surface area contributed by atoms with E-state index < -0.39 is 22.8 Å². The van der Waals surface area contributed by atoms with Crippen LogP contribution in [0, 0.1) is 10.1 Å². The predicted molar refractivity (Wildman–Crippen MR) is 92.1 cm³/mol. The molecule has 4 rings (SSSR count). The molecule has 1 fully saturated rings. The molecule has 2 aromatic heterocycles. The van der Waals surface area contributed by atoms with Crippen molar-refractivity contribution in [1.29, 1.82) is 0 Å².